The first-order chi connectivity index (χ1) is 12.7. The maximum absolute atomic E-state index is 12.4. The minimum atomic E-state index is -3.86. The van der Waals surface area contributed by atoms with E-state index in [-0.39, 0.29) is 10.8 Å². The second kappa shape index (κ2) is 7.84. The van der Waals surface area contributed by atoms with E-state index in [0.717, 1.165) is 10.0 Å². The smallest absolute Gasteiger partial charge is 0.264 e. The number of nitrogens with one attached hydrogen (secondary N) is 2. The van der Waals surface area contributed by atoms with Gasteiger partial charge in [0, 0.05) is 21.5 Å². The summed E-state index contributed by atoms with van der Waals surface area (Å²) in [5.74, 6) is -0.129. The summed E-state index contributed by atoms with van der Waals surface area (Å²) in [4.78, 5) is 19.2. The van der Waals surface area contributed by atoms with Crippen molar-refractivity contribution in [2.45, 2.75) is 18.2 Å². The van der Waals surface area contributed by atoms with E-state index in [4.69, 9.17) is 11.6 Å². The van der Waals surface area contributed by atoms with Crippen LogP contribution in [0.25, 0.3) is 0 Å². The fourth-order valence-corrected chi connectivity index (χ4v) is 3.96. The highest BCUT2D eigenvalue weighted by Gasteiger charge is 2.17. The van der Waals surface area contributed by atoms with Gasteiger partial charge in [-0.25, -0.2) is 18.1 Å². The summed E-state index contributed by atoms with van der Waals surface area (Å²) < 4.78 is 28.0. The number of hydrogen-bond donors (Lipinski definition) is 2. The van der Waals surface area contributed by atoms with Crippen molar-refractivity contribution in [3.8, 4) is 0 Å². The number of H-pyrrole nitrogens is 1. The summed E-state index contributed by atoms with van der Waals surface area (Å²) in [6.07, 6.45) is 0.342. The molecular formula is C18H15BrClN3O3S. The molecule has 2 aromatic carbocycles. The fourth-order valence-electron chi connectivity index (χ4n) is 2.52. The van der Waals surface area contributed by atoms with E-state index in [1.807, 2.05) is 6.07 Å². The predicted octanol–water partition coefficient (Wildman–Crippen LogP) is 3.89. The van der Waals surface area contributed by atoms with Gasteiger partial charge in [0.25, 0.3) is 15.6 Å². The third kappa shape index (κ3) is 4.77. The lowest BCUT2D eigenvalue weighted by molar-refractivity contribution is 0.600. The van der Waals surface area contributed by atoms with Crippen LogP contribution in [0.1, 0.15) is 16.8 Å². The van der Waals surface area contributed by atoms with Gasteiger partial charge in [-0.15, -0.1) is 0 Å². The number of anilines is 1. The molecule has 0 aliphatic heterocycles. The van der Waals surface area contributed by atoms with Gasteiger partial charge in [-0.1, -0.05) is 39.7 Å². The van der Waals surface area contributed by atoms with E-state index < -0.39 is 15.6 Å². The average Bonchev–Trinajstić information content (AvgIpc) is 2.58. The molecule has 0 spiro atoms. The van der Waals surface area contributed by atoms with Gasteiger partial charge in [0.15, 0.2) is 0 Å². The third-order valence-corrected chi connectivity index (χ3v) is 5.97. The van der Waals surface area contributed by atoms with Crippen LogP contribution in [0.15, 0.2) is 62.7 Å². The van der Waals surface area contributed by atoms with E-state index in [9.17, 15) is 13.2 Å². The van der Waals surface area contributed by atoms with Gasteiger partial charge in [-0.05, 0) is 48.9 Å². The minimum absolute atomic E-state index is 0.0639. The van der Waals surface area contributed by atoms with Crippen LogP contribution in [0.4, 0.5) is 5.95 Å². The molecule has 6 nitrogen and oxygen atoms in total. The summed E-state index contributed by atoms with van der Waals surface area (Å²) >= 11 is 9.23. The average molecular weight is 469 g/mol. The molecule has 27 heavy (non-hydrogen) atoms. The maximum atomic E-state index is 12.4. The Labute approximate surface area is 169 Å². The number of halogens is 2. The molecule has 140 valence electrons. The standard InChI is InChI=1S/C18H15BrClN3O3S/c1-11-16(10-12-3-2-4-14(20)9-12)17(24)22-18(21-11)23-27(25,26)15-7-5-13(19)6-8-15/h2-9H,10H2,1H3,(H2,21,22,23,24). The number of nitrogens with zero attached hydrogens (tertiary/aromatic N) is 1. The molecule has 9 heteroatoms. The zero-order valence-electron chi connectivity index (χ0n) is 14.2. The van der Waals surface area contributed by atoms with Gasteiger partial charge in [0.1, 0.15) is 0 Å². The van der Waals surface area contributed by atoms with E-state index in [1.165, 1.54) is 12.1 Å². The van der Waals surface area contributed by atoms with Crippen LogP contribution in [-0.2, 0) is 16.4 Å². The predicted molar refractivity (Wildman–Crippen MR) is 109 cm³/mol. The molecule has 2 N–H and O–H groups in total. The molecule has 0 unspecified atom stereocenters. The molecule has 0 saturated carbocycles. The topological polar surface area (TPSA) is 91.9 Å². The highest BCUT2D eigenvalue weighted by molar-refractivity contribution is 9.10. The monoisotopic (exact) mass is 467 g/mol. The first kappa shape index (κ1) is 19.6. The number of sulfonamides is 1. The van der Waals surface area contributed by atoms with E-state index in [1.54, 1.807) is 37.3 Å². The molecule has 0 saturated heterocycles. The van der Waals surface area contributed by atoms with Gasteiger partial charge < -0.3 is 0 Å². The Balaban J connectivity index is 1.88. The molecule has 0 amide bonds. The van der Waals surface area contributed by atoms with Crippen LogP contribution in [-0.4, -0.2) is 18.4 Å². The molecule has 0 fully saturated rings. The van der Waals surface area contributed by atoms with Crippen LogP contribution in [0.3, 0.4) is 0 Å². The second-order valence-electron chi connectivity index (χ2n) is 5.84. The summed E-state index contributed by atoms with van der Waals surface area (Å²) in [5.41, 5.74) is 1.34. The van der Waals surface area contributed by atoms with Gasteiger partial charge >= 0.3 is 0 Å². The zero-order chi connectivity index (χ0) is 19.6. The highest BCUT2D eigenvalue weighted by Crippen LogP contribution is 2.18. The van der Waals surface area contributed by atoms with Crippen molar-refractivity contribution >= 4 is 43.5 Å². The maximum Gasteiger partial charge on any atom is 0.264 e. The normalized spacial score (nSPS) is 11.4. The molecule has 0 radical (unpaired) electrons. The molecule has 0 aliphatic rings. The second-order valence-corrected chi connectivity index (χ2v) is 8.88. The molecule has 1 heterocycles. The van der Waals surface area contributed by atoms with Gasteiger partial charge in [-0.3, -0.25) is 9.78 Å². The number of hydrogen-bond acceptors (Lipinski definition) is 4. The summed E-state index contributed by atoms with van der Waals surface area (Å²) in [7, 11) is -3.86. The van der Waals surface area contributed by atoms with E-state index in [2.05, 4.69) is 30.6 Å². The Morgan fingerprint density at radius 2 is 1.89 bits per heavy atom. The summed E-state index contributed by atoms with van der Waals surface area (Å²) in [6.45, 7) is 1.66. The Hall–Kier alpha value is -2.16. The Kier molecular flexibility index (Phi) is 5.69. The van der Waals surface area contributed by atoms with Gasteiger partial charge in [0.05, 0.1) is 10.6 Å². The lowest BCUT2D eigenvalue weighted by Crippen LogP contribution is -2.22. The lowest BCUT2D eigenvalue weighted by atomic mass is 10.1. The molecule has 3 aromatic rings. The molecule has 0 bridgehead atoms. The fraction of sp³-hybridized carbons (Fsp3) is 0.111. The number of rotatable bonds is 5. The van der Waals surface area contributed by atoms with Crippen molar-refractivity contribution in [2.75, 3.05) is 4.72 Å². The summed E-state index contributed by atoms with van der Waals surface area (Å²) in [6, 6.07) is 13.3. The van der Waals surface area contributed by atoms with Crippen molar-refractivity contribution in [3.05, 3.63) is 85.2 Å². The first-order valence-corrected chi connectivity index (χ1v) is 10.5. The molecule has 1 aromatic heterocycles. The van der Waals surface area contributed by atoms with Crippen LogP contribution >= 0.6 is 27.5 Å². The molecule has 0 aliphatic carbocycles. The van der Waals surface area contributed by atoms with Gasteiger partial charge in [-0.2, -0.15) is 0 Å². The number of aromatic nitrogens is 2. The van der Waals surface area contributed by atoms with Crippen LogP contribution in [0.2, 0.25) is 5.02 Å². The highest BCUT2D eigenvalue weighted by atomic mass is 79.9. The van der Waals surface area contributed by atoms with Crippen LogP contribution < -0.4 is 10.3 Å². The first-order valence-electron chi connectivity index (χ1n) is 7.87. The van der Waals surface area contributed by atoms with Crippen molar-refractivity contribution < 1.29 is 8.42 Å². The number of aryl methyl sites for hydroxylation is 1. The molecule has 3 rings (SSSR count). The minimum Gasteiger partial charge on any atom is -0.292 e. The van der Waals surface area contributed by atoms with Crippen LogP contribution in [0, 0.1) is 6.92 Å². The van der Waals surface area contributed by atoms with E-state index >= 15 is 0 Å². The Morgan fingerprint density at radius 3 is 2.52 bits per heavy atom. The van der Waals surface area contributed by atoms with Crippen molar-refractivity contribution in [1.82, 2.24) is 9.97 Å². The number of aromatic amines is 1. The lowest BCUT2D eigenvalue weighted by Gasteiger charge is -2.10. The van der Waals surface area contributed by atoms with Gasteiger partial charge in [0.2, 0.25) is 5.95 Å². The van der Waals surface area contributed by atoms with Crippen LogP contribution in [0.5, 0.6) is 0 Å². The molecular weight excluding hydrogens is 454 g/mol. The van der Waals surface area contributed by atoms with Crippen molar-refractivity contribution in [1.29, 1.82) is 0 Å². The third-order valence-electron chi connectivity index (χ3n) is 3.85. The SMILES string of the molecule is Cc1nc(NS(=O)(=O)c2ccc(Br)cc2)[nH]c(=O)c1Cc1cccc(Cl)c1. The Bertz CT molecular complexity index is 1150. The Morgan fingerprint density at radius 1 is 1.19 bits per heavy atom. The van der Waals surface area contributed by atoms with Crippen molar-refractivity contribution in [2.24, 2.45) is 0 Å². The summed E-state index contributed by atoms with van der Waals surface area (Å²) in [5, 5.41) is 0.577. The zero-order valence-corrected chi connectivity index (χ0v) is 17.3. The number of benzene rings is 2. The largest absolute Gasteiger partial charge is 0.292 e. The van der Waals surface area contributed by atoms with E-state index in [0.29, 0.717) is 22.7 Å². The quantitative estimate of drug-likeness (QED) is 0.594. The van der Waals surface area contributed by atoms with Crippen molar-refractivity contribution in [3.63, 3.8) is 0 Å². The molecule has 0 atom stereocenters.